The summed E-state index contributed by atoms with van der Waals surface area (Å²) < 4.78 is 24.3. The number of halogens is 1. The zero-order valence-corrected chi connectivity index (χ0v) is 12.6. The summed E-state index contributed by atoms with van der Waals surface area (Å²) in [7, 11) is 3.05. The molecule has 1 aromatic heterocycles. The molecule has 1 N–H and O–H groups in total. The van der Waals surface area contributed by atoms with Gasteiger partial charge in [-0.15, -0.1) is 0 Å². The SMILES string of the molecule is COc1ccnc(CNC2CCc3c2ccc(OC)c3F)n1. The Labute approximate surface area is 128 Å². The van der Waals surface area contributed by atoms with Crippen LogP contribution in [0.3, 0.4) is 0 Å². The van der Waals surface area contributed by atoms with E-state index in [1.807, 2.05) is 6.07 Å². The molecule has 1 atom stereocenters. The third-order valence-corrected chi connectivity index (χ3v) is 3.92. The second kappa shape index (κ2) is 6.27. The van der Waals surface area contributed by atoms with E-state index in [-0.39, 0.29) is 11.9 Å². The molecular weight excluding hydrogens is 285 g/mol. The van der Waals surface area contributed by atoms with E-state index >= 15 is 0 Å². The number of aromatic nitrogens is 2. The highest BCUT2D eigenvalue weighted by atomic mass is 19.1. The number of fused-ring (bicyclic) bond motifs is 1. The van der Waals surface area contributed by atoms with Crippen molar-refractivity contribution in [2.24, 2.45) is 0 Å². The van der Waals surface area contributed by atoms with Crippen molar-refractivity contribution >= 4 is 0 Å². The van der Waals surface area contributed by atoms with Gasteiger partial charge in [0.15, 0.2) is 11.6 Å². The lowest BCUT2D eigenvalue weighted by atomic mass is 10.1. The number of nitrogens with zero attached hydrogens (tertiary/aromatic N) is 2. The quantitative estimate of drug-likeness (QED) is 0.919. The van der Waals surface area contributed by atoms with Crippen LogP contribution in [0.25, 0.3) is 0 Å². The van der Waals surface area contributed by atoms with E-state index in [2.05, 4.69) is 15.3 Å². The van der Waals surface area contributed by atoms with Gasteiger partial charge >= 0.3 is 0 Å². The fourth-order valence-electron chi connectivity index (χ4n) is 2.80. The van der Waals surface area contributed by atoms with Crippen LogP contribution >= 0.6 is 0 Å². The smallest absolute Gasteiger partial charge is 0.216 e. The Kier molecular flexibility index (Phi) is 4.20. The predicted octanol–water partition coefficient (Wildman–Crippen LogP) is 2.41. The van der Waals surface area contributed by atoms with E-state index in [0.29, 0.717) is 30.4 Å². The summed E-state index contributed by atoms with van der Waals surface area (Å²) in [6.45, 7) is 0.509. The van der Waals surface area contributed by atoms with Crippen molar-refractivity contribution in [3.8, 4) is 11.6 Å². The van der Waals surface area contributed by atoms with Gasteiger partial charge in [-0.05, 0) is 30.0 Å². The molecule has 22 heavy (non-hydrogen) atoms. The van der Waals surface area contributed by atoms with Crippen LogP contribution in [-0.2, 0) is 13.0 Å². The molecule has 1 aromatic carbocycles. The van der Waals surface area contributed by atoms with Crippen molar-refractivity contribution in [2.45, 2.75) is 25.4 Å². The number of nitrogens with one attached hydrogen (secondary N) is 1. The van der Waals surface area contributed by atoms with Crippen molar-refractivity contribution in [3.05, 3.63) is 47.2 Å². The molecule has 116 valence electrons. The van der Waals surface area contributed by atoms with Crippen LogP contribution in [-0.4, -0.2) is 24.2 Å². The molecule has 6 heteroatoms. The van der Waals surface area contributed by atoms with Gasteiger partial charge in [0.1, 0.15) is 5.82 Å². The first-order chi connectivity index (χ1) is 10.7. The van der Waals surface area contributed by atoms with Crippen LogP contribution < -0.4 is 14.8 Å². The normalized spacial score (nSPS) is 16.4. The third kappa shape index (κ3) is 2.74. The Bertz CT molecular complexity index is 678. The van der Waals surface area contributed by atoms with Gasteiger partial charge in [0.05, 0.1) is 20.8 Å². The molecule has 0 saturated heterocycles. The molecule has 1 unspecified atom stereocenters. The predicted molar refractivity (Wildman–Crippen MR) is 79.4 cm³/mol. The number of ether oxygens (including phenoxy) is 2. The highest BCUT2D eigenvalue weighted by Crippen LogP contribution is 2.36. The average molecular weight is 303 g/mol. The van der Waals surface area contributed by atoms with Crippen LogP contribution in [0, 0.1) is 5.82 Å². The number of methoxy groups -OCH3 is 2. The molecule has 0 radical (unpaired) electrons. The molecular formula is C16H18FN3O2. The first-order valence-electron chi connectivity index (χ1n) is 7.17. The molecule has 1 heterocycles. The van der Waals surface area contributed by atoms with Crippen molar-refractivity contribution < 1.29 is 13.9 Å². The highest BCUT2D eigenvalue weighted by Gasteiger charge is 2.26. The monoisotopic (exact) mass is 303 g/mol. The van der Waals surface area contributed by atoms with Crippen LogP contribution in [0.5, 0.6) is 11.6 Å². The molecule has 5 nitrogen and oxygen atoms in total. The van der Waals surface area contributed by atoms with E-state index in [4.69, 9.17) is 9.47 Å². The Morgan fingerprint density at radius 2 is 2.14 bits per heavy atom. The van der Waals surface area contributed by atoms with Gasteiger partial charge in [0, 0.05) is 18.3 Å². The second-order valence-electron chi connectivity index (χ2n) is 5.14. The van der Waals surface area contributed by atoms with Gasteiger partial charge in [-0.1, -0.05) is 6.07 Å². The van der Waals surface area contributed by atoms with Gasteiger partial charge in [-0.25, -0.2) is 9.37 Å². The second-order valence-corrected chi connectivity index (χ2v) is 5.14. The van der Waals surface area contributed by atoms with Crippen LogP contribution in [0.2, 0.25) is 0 Å². The van der Waals surface area contributed by atoms with Gasteiger partial charge < -0.3 is 14.8 Å². The molecule has 2 aromatic rings. The molecule has 0 aliphatic heterocycles. The molecule has 1 aliphatic rings. The minimum Gasteiger partial charge on any atom is -0.494 e. The van der Waals surface area contributed by atoms with Gasteiger partial charge in [-0.3, -0.25) is 0 Å². The van der Waals surface area contributed by atoms with Crippen molar-refractivity contribution in [1.82, 2.24) is 15.3 Å². The third-order valence-electron chi connectivity index (χ3n) is 3.92. The van der Waals surface area contributed by atoms with E-state index < -0.39 is 0 Å². The van der Waals surface area contributed by atoms with Gasteiger partial charge in [-0.2, -0.15) is 4.98 Å². The summed E-state index contributed by atoms with van der Waals surface area (Å²) in [5, 5.41) is 3.38. The fourth-order valence-corrected chi connectivity index (χ4v) is 2.80. The van der Waals surface area contributed by atoms with Crippen LogP contribution in [0.1, 0.15) is 29.4 Å². The molecule has 0 fully saturated rings. The highest BCUT2D eigenvalue weighted by molar-refractivity contribution is 5.42. The molecule has 3 rings (SSSR count). The van der Waals surface area contributed by atoms with Crippen LogP contribution in [0.4, 0.5) is 4.39 Å². The zero-order valence-electron chi connectivity index (χ0n) is 12.6. The lowest BCUT2D eigenvalue weighted by Gasteiger charge is -2.14. The number of rotatable bonds is 5. The van der Waals surface area contributed by atoms with Crippen molar-refractivity contribution in [2.75, 3.05) is 14.2 Å². The number of benzene rings is 1. The van der Waals surface area contributed by atoms with Gasteiger partial charge in [0.2, 0.25) is 5.88 Å². The minimum atomic E-state index is -0.248. The lowest BCUT2D eigenvalue weighted by molar-refractivity contribution is 0.384. The largest absolute Gasteiger partial charge is 0.494 e. The standard InChI is InChI=1S/C16H18FN3O2/c1-21-13-6-4-10-11(16(13)17)3-5-12(10)19-9-14-18-8-7-15(20-14)22-2/h4,6-8,12,19H,3,5,9H2,1-2H3. The average Bonchev–Trinajstić information content (AvgIpc) is 2.97. The number of hydrogen-bond acceptors (Lipinski definition) is 5. The summed E-state index contributed by atoms with van der Waals surface area (Å²) in [6.07, 6.45) is 3.22. The Balaban J connectivity index is 1.72. The first-order valence-corrected chi connectivity index (χ1v) is 7.17. The number of hydrogen-bond donors (Lipinski definition) is 1. The maximum Gasteiger partial charge on any atom is 0.216 e. The van der Waals surface area contributed by atoms with Crippen LogP contribution in [0.15, 0.2) is 24.4 Å². The molecule has 0 spiro atoms. The molecule has 0 saturated carbocycles. The first kappa shape index (κ1) is 14.7. The van der Waals surface area contributed by atoms with E-state index in [1.165, 1.54) is 7.11 Å². The maximum atomic E-state index is 14.2. The topological polar surface area (TPSA) is 56.3 Å². The van der Waals surface area contributed by atoms with E-state index in [0.717, 1.165) is 17.5 Å². The summed E-state index contributed by atoms with van der Waals surface area (Å²) in [6, 6.07) is 5.41. The van der Waals surface area contributed by atoms with Gasteiger partial charge in [0.25, 0.3) is 0 Å². The summed E-state index contributed by atoms with van der Waals surface area (Å²) in [5.74, 6) is 1.24. The summed E-state index contributed by atoms with van der Waals surface area (Å²) in [5.41, 5.74) is 1.73. The molecule has 0 amide bonds. The molecule has 1 aliphatic carbocycles. The minimum absolute atomic E-state index is 0.102. The zero-order chi connectivity index (χ0) is 15.5. The van der Waals surface area contributed by atoms with E-state index in [1.54, 1.807) is 25.4 Å². The Hall–Kier alpha value is -2.21. The van der Waals surface area contributed by atoms with Crippen molar-refractivity contribution in [3.63, 3.8) is 0 Å². The summed E-state index contributed by atoms with van der Waals surface area (Å²) >= 11 is 0. The summed E-state index contributed by atoms with van der Waals surface area (Å²) in [4.78, 5) is 8.46. The Morgan fingerprint density at radius 1 is 1.27 bits per heavy atom. The Morgan fingerprint density at radius 3 is 2.91 bits per heavy atom. The maximum absolute atomic E-state index is 14.2. The molecule has 0 bridgehead atoms. The van der Waals surface area contributed by atoms with E-state index in [9.17, 15) is 4.39 Å². The van der Waals surface area contributed by atoms with Crippen molar-refractivity contribution in [1.29, 1.82) is 0 Å². The fraction of sp³-hybridized carbons (Fsp3) is 0.375. The lowest BCUT2D eigenvalue weighted by Crippen LogP contribution is -2.20.